The monoisotopic (exact) mass is 358 g/mol. The predicted octanol–water partition coefficient (Wildman–Crippen LogP) is 1.72. The Morgan fingerprint density at radius 2 is 1.92 bits per heavy atom. The van der Waals surface area contributed by atoms with Crippen molar-refractivity contribution in [2.45, 2.75) is 11.3 Å². The summed E-state index contributed by atoms with van der Waals surface area (Å²) in [5, 5.41) is 10.1. The highest BCUT2D eigenvalue weighted by molar-refractivity contribution is 7.90. The van der Waals surface area contributed by atoms with Crippen molar-refractivity contribution in [2.75, 3.05) is 11.6 Å². The van der Waals surface area contributed by atoms with Gasteiger partial charge >= 0.3 is 6.01 Å². The summed E-state index contributed by atoms with van der Waals surface area (Å²) in [4.78, 5) is 16.2. The molecule has 0 spiro atoms. The summed E-state index contributed by atoms with van der Waals surface area (Å²) in [6.07, 6.45) is 4.37. The molecule has 1 N–H and O–H groups in total. The quantitative estimate of drug-likeness (QED) is 0.738. The summed E-state index contributed by atoms with van der Waals surface area (Å²) in [6.45, 7) is 0. The van der Waals surface area contributed by atoms with Crippen LogP contribution in [0.15, 0.2) is 58.1 Å². The van der Waals surface area contributed by atoms with Gasteiger partial charge < -0.3 is 4.42 Å². The standard InChI is InChI=1S/C16H14N4O4S/c1-25(22,23)13-6-4-11(5-7-13)9-14(21)18-16-20-19-15(24-16)12-3-2-8-17-10-12/h2-8,10H,9H2,1H3,(H,18,20,21). The molecule has 0 radical (unpaired) electrons. The fourth-order valence-corrected chi connectivity index (χ4v) is 2.71. The summed E-state index contributed by atoms with van der Waals surface area (Å²) < 4.78 is 28.2. The number of carbonyl (C=O) groups excluding carboxylic acids is 1. The first kappa shape index (κ1) is 16.8. The number of nitrogens with one attached hydrogen (secondary N) is 1. The Hall–Kier alpha value is -3.07. The van der Waals surface area contributed by atoms with Crippen molar-refractivity contribution < 1.29 is 17.6 Å². The van der Waals surface area contributed by atoms with Gasteiger partial charge in [0.05, 0.1) is 16.9 Å². The lowest BCUT2D eigenvalue weighted by Crippen LogP contribution is -2.14. The highest BCUT2D eigenvalue weighted by Gasteiger charge is 2.12. The molecule has 128 valence electrons. The van der Waals surface area contributed by atoms with Crippen molar-refractivity contribution >= 4 is 21.8 Å². The van der Waals surface area contributed by atoms with Crippen LogP contribution < -0.4 is 5.32 Å². The number of rotatable bonds is 5. The van der Waals surface area contributed by atoms with E-state index in [-0.39, 0.29) is 29.1 Å². The van der Waals surface area contributed by atoms with Gasteiger partial charge in [-0.1, -0.05) is 17.2 Å². The molecular formula is C16H14N4O4S. The molecule has 8 nitrogen and oxygen atoms in total. The van der Waals surface area contributed by atoms with Gasteiger partial charge in [0, 0.05) is 18.6 Å². The molecule has 9 heteroatoms. The molecule has 0 bridgehead atoms. The van der Waals surface area contributed by atoms with Gasteiger partial charge in [0.25, 0.3) is 5.89 Å². The van der Waals surface area contributed by atoms with E-state index in [9.17, 15) is 13.2 Å². The minimum Gasteiger partial charge on any atom is -0.403 e. The van der Waals surface area contributed by atoms with Crippen LogP contribution in [-0.4, -0.2) is 35.8 Å². The fourth-order valence-electron chi connectivity index (χ4n) is 2.08. The van der Waals surface area contributed by atoms with Crippen molar-refractivity contribution in [3.05, 3.63) is 54.4 Å². The summed E-state index contributed by atoms with van der Waals surface area (Å²) >= 11 is 0. The van der Waals surface area contributed by atoms with E-state index in [1.807, 2.05) is 0 Å². The van der Waals surface area contributed by atoms with Crippen LogP contribution in [0.25, 0.3) is 11.5 Å². The van der Waals surface area contributed by atoms with Gasteiger partial charge in [0.1, 0.15) is 0 Å². The number of pyridine rings is 1. The zero-order valence-electron chi connectivity index (χ0n) is 13.2. The van der Waals surface area contributed by atoms with Crippen molar-refractivity contribution in [2.24, 2.45) is 0 Å². The normalized spacial score (nSPS) is 11.2. The van der Waals surface area contributed by atoms with Crippen LogP contribution in [0.5, 0.6) is 0 Å². The molecule has 1 amide bonds. The van der Waals surface area contributed by atoms with Crippen LogP contribution in [0.1, 0.15) is 5.56 Å². The predicted molar refractivity (Wildman–Crippen MR) is 89.4 cm³/mol. The second kappa shape index (κ2) is 6.81. The highest BCUT2D eigenvalue weighted by atomic mass is 32.2. The Kier molecular flexibility index (Phi) is 4.57. The van der Waals surface area contributed by atoms with Crippen molar-refractivity contribution in [1.29, 1.82) is 0 Å². The van der Waals surface area contributed by atoms with Gasteiger partial charge in [-0.15, -0.1) is 5.10 Å². The lowest BCUT2D eigenvalue weighted by molar-refractivity contribution is -0.115. The Morgan fingerprint density at radius 1 is 1.16 bits per heavy atom. The van der Waals surface area contributed by atoms with Gasteiger partial charge in [-0.25, -0.2) is 8.42 Å². The first-order valence-corrected chi connectivity index (χ1v) is 9.14. The molecule has 3 aromatic rings. The number of carbonyl (C=O) groups is 1. The first-order valence-electron chi connectivity index (χ1n) is 7.24. The number of hydrogen-bond acceptors (Lipinski definition) is 7. The van der Waals surface area contributed by atoms with E-state index in [1.54, 1.807) is 36.7 Å². The number of sulfone groups is 1. The van der Waals surface area contributed by atoms with Crippen molar-refractivity contribution in [1.82, 2.24) is 15.2 Å². The van der Waals surface area contributed by atoms with Crippen LogP contribution in [0.2, 0.25) is 0 Å². The molecule has 0 saturated carbocycles. The third-order valence-corrected chi connectivity index (χ3v) is 4.42. The largest absolute Gasteiger partial charge is 0.403 e. The molecule has 0 unspecified atom stereocenters. The topological polar surface area (TPSA) is 115 Å². The number of hydrogen-bond donors (Lipinski definition) is 1. The first-order chi connectivity index (χ1) is 11.9. The minimum absolute atomic E-state index is 0.0170. The molecule has 0 aliphatic heterocycles. The molecule has 1 aromatic carbocycles. The van der Waals surface area contributed by atoms with E-state index in [0.29, 0.717) is 11.1 Å². The van der Waals surface area contributed by atoms with Gasteiger partial charge in [-0.05, 0) is 29.8 Å². The number of nitrogens with zero attached hydrogens (tertiary/aromatic N) is 3. The van der Waals surface area contributed by atoms with Crippen LogP contribution in [-0.2, 0) is 21.1 Å². The summed E-state index contributed by atoms with van der Waals surface area (Å²) in [7, 11) is -3.26. The third-order valence-electron chi connectivity index (χ3n) is 3.30. The molecule has 0 aliphatic carbocycles. The molecule has 2 heterocycles. The van der Waals surface area contributed by atoms with Gasteiger partial charge in [0.2, 0.25) is 5.91 Å². The number of benzene rings is 1. The Balaban J connectivity index is 1.64. The zero-order chi connectivity index (χ0) is 17.9. The van der Waals surface area contributed by atoms with Crippen LogP contribution in [0, 0.1) is 0 Å². The SMILES string of the molecule is CS(=O)(=O)c1ccc(CC(=O)Nc2nnc(-c3cccnc3)o2)cc1. The lowest BCUT2D eigenvalue weighted by Gasteiger charge is -2.03. The molecular weight excluding hydrogens is 344 g/mol. The molecule has 0 fully saturated rings. The van der Waals surface area contributed by atoms with E-state index in [4.69, 9.17) is 4.42 Å². The van der Waals surface area contributed by atoms with Crippen LogP contribution in [0.4, 0.5) is 6.01 Å². The Labute approximate surface area is 143 Å². The second-order valence-corrected chi connectivity index (χ2v) is 7.31. The van der Waals surface area contributed by atoms with Crippen LogP contribution in [0.3, 0.4) is 0 Å². The van der Waals surface area contributed by atoms with Gasteiger partial charge in [-0.2, -0.15) is 0 Å². The molecule has 3 rings (SSSR count). The van der Waals surface area contributed by atoms with E-state index in [0.717, 1.165) is 6.26 Å². The fraction of sp³-hybridized carbons (Fsp3) is 0.125. The smallest absolute Gasteiger partial charge is 0.322 e. The van der Waals surface area contributed by atoms with E-state index < -0.39 is 9.84 Å². The molecule has 2 aromatic heterocycles. The third kappa shape index (κ3) is 4.27. The molecule has 0 saturated heterocycles. The summed E-state index contributed by atoms with van der Waals surface area (Å²) in [5.41, 5.74) is 1.31. The summed E-state index contributed by atoms with van der Waals surface area (Å²) in [6, 6.07) is 9.58. The van der Waals surface area contributed by atoms with E-state index in [1.165, 1.54) is 12.1 Å². The zero-order valence-corrected chi connectivity index (χ0v) is 14.0. The number of aromatic nitrogens is 3. The van der Waals surface area contributed by atoms with Gasteiger partial charge in [-0.3, -0.25) is 15.1 Å². The Bertz CT molecular complexity index is 982. The minimum atomic E-state index is -3.26. The maximum Gasteiger partial charge on any atom is 0.322 e. The number of anilines is 1. The maximum absolute atomic E-state index is 12.0. The number of amides is 1. The highest BCUT2D eigenvalue weighted by Crippen LogP contribution is 2.18. The second-order valence-electron chi connectivity index (χ2n) is 5.30. The van der Waals surface area contributed by atoms with E-state index in [2.05, 4.69) is 20.5 Å². The van der Waals surface area contributed by atoms with Crippen LogP contribution >= 0.6 is 0 Å². The molecule has 0 atom stereocenters. The summed E-state index contributed by atoms with van der Waals surface area (Å²) in [5.74, 6) is -0.102. The average Bonchev–Trinajstić information content (AvgIpc) is 3.03. The molecule has 25 heavy (non-hydrogen) atoms. The van der Waals surface area contributed by atoms with Gasteiger partial charge in [0.15, 0.2) is 9.84 Å². The van der Waals surface area contributed by atoms with Crippen molar-refractivity contribution in [3.63, 3.8) is 0 Å². The van der Waals surface area contributed by atoms with Crippen molar-refractivity contribution in [3.8, 4) is 11.5 Å². The average molecular weight is 358 g/mol. The van der Waals surface area contributed by atoms with E-state index >= 15 is 0 Å². The lowest BCUT2D eigenvalue weighted by atomic mass is 10.1. The maximum atomic E-state index is 12.0. The Morgan fingerprint density at radius 3 is 2.56 bits per heavy atom. The molecule has 0 aliphatic rings.